The first-order valence-electron chi connectivity index (χ1n) is 20.8. The Morgan fingerprint density at radius 1 is 0.803 bits per heavy atom. The molecule has 61 heavy (non-hydrogen) atoms. The van der Waals surface area contributed by atoms with Crippen LogP contribution in [0.25, 0.3) is 0 Å². The van der Waals surface area contributed by atoms with Gasteiger partial charge in [-0.25, -0.2) is 9.46 Å². The molecule has 1 aliphatic rings. The summed E-state index contributed by atoms with van der Waals surface area (Å²) in [6.45, 7) is 10.2. The summed E-state index contributed by atoms with van der Waals surface area (Å²) in [5.41, 5.74) is 2.28. The van der Waals surface area contributed by atoms with Gasteiger partial charge in [-0.2, -0.15) is 5.26 Å². The number of likely N-dealkylation sites (tertiary alicyclic amines) is 1. The van der Waals surface area contributed by atoms with Crippen molar-refractivity contribution in [3.8, 4) is 29.3 Å². The van der Waals surface area contributed by atoms with E-state index in [9.17, 15) is 19.8 Å². The Kier molecular flexibility index (Phi) is 17.4. The number of benzene rings is 3. The van der Waals surface area contributed by atoms with Gasteiger partial charge in [-0.1, -0.05) is 48.5 Å². The summed E-state index contributed by atoms with van der Waals surface area (Å²) >= 11 is 0. The Morgan fingerprint density at radius 3 is 1.82 bits per heavy atom. The van der Waals surface area contributed by atoms with Crippen molar-refractivity contribution in [1.82, 2.24) is 14.3 Å². The molecule has 1 aliphatic heterocycles. The monoisotopic (exact) mass is 858 g/mol. The highest BCUT2D eigenvalue weighted by Crippen LogP contribution is 2.48. The fourth-order valence-corrected chi connectivity index (χ4v) is 9.21. The second-order valence-corrected chi connectivity index (χ2v) is 16.7. The highest BCUT2D eigenvalue weighted by atomic mass is 31.2. The Balaban J connectivity index is 1.29. The lowest BCUT2D eigenvalue weighted by atomic mass is 9.79. The van der Waals surface area contributed by atoms with Crippen molar-refractivity contribution < 1.29 is 47.9 Å². The Morgan fingerprint density at radius 2 is 1.33 bits per heavy atom. The number of hydrogen-bond acceptors (Lipinski definition) is 12. The number of hydrogen-bond donors (Lipinski definition) is 2. The number of carbonyl (C=O) groups excluding carboxylic acids is 2. The second-order valence-electron chi connectivity index (χ2n) is 15.3. The molecule has 328 valence electrons. The molecular weight excluding hydrogens is 799 g/mol. The van der Waals surface area contributed by atoms with E-state index in [0.29, 0.717) is 74.5 Å². The Bertz CT molecular complexity index is 1950. The van der Waals surface area contributed by atoms with Crippen LogP contribution in [0.15, 0.2) is 84.9 Å². The van der Waals surface area contributed by atoms with Gasteiger partial charge in [0.05, 0.1) is 45.8 Å². The quantitative estimate of drug-likeness (QED) is 0.0447. The molecule has 1 atom stereocenters. The third-order valence-corrected chi connectivity index (χ3v) is 12.7. The molecule has 1 unspecified atom stereocenters. The molecular formula is C46H59N4O10P. The largest absolute Gasteiger partial charge is 0.497 e. The molecule has 1 saturated heterocycles. The van der Waals surface area contributed by atoms with E-state index in [0.717, 1.165) is 22.3 Å². The number of nitrogens with zero attached hydrogens (tertiary/aromatic N) is 4. The summed E-state index contributed by atoms with van der Waals surface area (Å²) in [6.07, 6.45) is 2.77. The first-order chi connectivity index (χ1) is 29.4. The summed E-state index contributed by atoms with van der Waals surface area (Å²) in [5.74, 6) is 0.0463. The number of aromatic nitrogens is 1. The Labute approximate surface area is 360 Å². The zero-order valence-corrected chi connectivity index (χ0v) is 36.9. The van der Waals surface area contributed by atoms with Crippen LogP contribution in [0.3, 0.4) is 0 Å². The van der Waals surface area contributed by atoms with Gasteiger partial charge in [0.25, 0.3) is 8.53 Å². The van der Waals surface area contributed by atoms with Gasteiger partial charge in [-0.05, 0) is 99.9 Å². The highest BCUT2D eigenvalue weighted by Gasteiger charge is 2.38. The molecule has 3 aromatic carbocycles. The van der Waals surface area contributed by atoms with Crippen molar-refractivity contribution in [3.05, 3.63) is 107 Å². The minimum absolute atomic E-state index is 0.00168. The maximum absolute atomic E-state index is 13.6. The van der Waals surface area contributed by atoms with Gasteiger partial charge in [0.15, 0.2) is 0 Å². The molecule has 1 amide bonds. The molecule has 1 aromatic heterocycles. The highest BCUT2D eigenvalue weighted by molar-refractivity contribution is 7.44. The summed E-state index contributed by atoms with van der Waals surface area (Å²) in [7, 11) is 1.88. The van der Waals surface area contributed by atoms with E-state index < -0.39 is 20.1 Å². The molecule has 0 aliphatic carbocycles. The van der Waals surface area contributed by atoms with E-state index in [1.165, 1.54) is 12.1 Å². The molecule has 2 heterocycles. The van der Waals surface area contributed by atoms with Crippen LogP contribution < -0.4 is 14.3 Å². The summed E-state index contributed by atoms with van der Waals surface area (Å²) < 4.78 is 33.6. The number of carbonyl (C=O) groups is 2. The molecule has 15 heteroatoms. The van der Waals surface area contributed by atoms with Crippen molar-refractivity contribution in [2.24, 2.45) is 0 Å². The molecule has 14 nitrogen and oxygen atoms in total. The molecule has 5 rings (SSSR count). The van der Waals surface area contributed by atoms with Crippen LogP contribution >= 0.6 is 8.53 Å². The van der Waals surface area contributed by atoms with Gasteiger partial charge in [0.2, 0.25) is 17.7 Å². The number of methoxy groups -OCH3 is 2. The van der Waals surface area contributed by atoms with E-state index in [-0.39, 0.29) is 48.9 Å². The van der Waals surface area contributed by atoms with E-state index in [4.69, 9.17) is 33.4 Å². The second kappa shape index (κ2) is 22.6. The first kappa shape index (κ1) is 46.9. The number of amides is 1. The number of rotatable bonds is 22. The van der Waals surface area contributed by atoms with E-state index in [1.54, 1.807) is 14.2 Å². The average Bonchev–Trinajstić information content (AvgIpc) is 3.58. The van der Waals surface area contributed by atoms with Gasteiger partial charge < -0.3 is 43.2 Å². The molecule has 0 spiro atoms. The van der Waals surface area contributed by atoms with Crippen molar-refractivity contribution in [1.29, 1.82) is 5.26 Å². The number of ether oxygens (including phenoxy) is 3. The molecule has 0 bridgehead atoms. The number of piperidine rings is 1. The number of nitriles is 1. The lowest BCUT2D eigenvalue weighted by Gasteiger charge is -2.39. The molecule has 0 radical (unpaired) electrons. The SMILES string of the molecule is COc1ccc(C(OCCCC(=O)N2CCC(OP(OCCC#N)N(C(C)C)C(C)C)CC2)(c2ccc(CCC(=O)On3c(O)ccc3O)cc2)c2ccc(OC)cc2)cc1. The smallest absolute Gasteiger partial charge is 0.333 e. The lowest BCUT2D eigenvalue weighted by Crippen LogP contribution is -2.41. The van der Waals surface area contributed by atoms with Crippen LogP contribution in [-0.2, 0) is 35.4 Å². The van der Waals surface area contributed by atoms with E-state index in [2.05, 4.69) is 38.4 Å². The minimum atomic E-state index is -1.36. The van der Waals surface area contributed by atoms with Gasteiger partial charge in [0.1, 0.15) is 17.1 Å². The fraction of sp³-hybridized carbons (Fsp3) is 0.457. The standard InChI is InChI=1S/C46H59N4O10P/c1-33(2)50(34(3)4)61(58-32-8-28-47)60-41-26-29-48(30-27-41)42(51)9-7-31-57-46(37-15-19-39(55-5)20-16-37,38-17-21-40(56-6)22-18-38)36-13-10-35(11-14-36)12-25-45(54)59-49-43(52)23-24-44(49)53/h10-11,13-24,33-34,41,52-53H,7-9,12,25-27,29-32H2,1-6H3. The summed E-state index contributed by atoms with van der Waals surface area (Å²) in [6, 6.07) is 28.2. The van der Waals surface area contributed by atoms with Gasteiger partial charge in [0, 0.05) is 50.3 Å². The average molecular weight is 859 g/mol. The van der Waals surface area contributed by atoms with Crippen molar-refractivity contribution in [2.45, 2.75) is 96.4 Å². The van der Waals surface area contributed by atoms with Crippen LogP contribution in [0.5, 0.6) is 23.3 Å². The van der Waals surface area contributed by atoms with E-state index >= 15 is 0 Å². The van der Waals surface area contributed by atoms with Crippen LogP contribution in [0.1, 0.15) is 88.5 Å². The minimum Gasteiger partial charge on any atom is -0.497 e. The van der Waals surface area contributed by atoms with Gasteiger partial charge in [-0.3, -0.25) is 4.79 Å². The van der Waals surface area contributed by atoms with Crippen molar-refractivity contribution in [3.63, 3.8) is 0 Å². The number of aryl methyl sites for hydroxylation is 1. The van der Waals surface area contributed by atoms with Crippen molar-refractivity contribution >= 4 is 20.4 Å². The first-order valence-corrected chi connectivity index (χ1v) is 21.9. The summed E-state index contributed by atoms with van der Waals surface area (Å²) in [5, 5.41) is 28.8. The molecule has 0 saturated carbocycles. The predicted octanol–water partition coefficient (Wildman–Crippen LogP) is 7.88. The maximum atomic E-state index is 13.6. The lowest BCUT2D eigenvalue weighted by molar-refractivity contribution is -0.145. The fourth-order valence-electron chi connectivity index (χ4n) is 7.44. The predicted molar refractivity (Wildman–Crippen MR) is 231 cm³/mol. The Hall–Kier alpha value is -5.16. The van der Waals surface area contributed by atoms with Gasteiger partial charge in [-0.15, -0.1) is 4.73 Å². The van der Waals surface area contributed by atoms with Gasteiger partial charge >= 0.3 is 5.97 Å². The normalized spacial score (nSPS) is 14.0. The maximum Gasteiger partial charge on any atom is 0.333 e. The zero-order valence-electron chi connectivity index (χ0n) is 36.0. The van der Waals surface area contributed by atoms with Crippen LogP contribution in [0.2, 0.25) is 0 Å². The third-order valence-electron chi connectivity index (χ3n) is 10.5. The molecule has 4 aromatic rings. The van der Waals surface area contributed by atoms with Crippen molar-refractivity contribution in [2.75, 3.05) is 40.5 Å². The topological polar surface area (TPSA) is 165 Å². The number of aromatic hydroxyl groups is 2. The van der Waals surface area contributed by atoms with E-state index in [1.807, 2.05) is 77.7 Å². The zero-order chi connectivity index (χ0) is 43.9. The third kappa shape index (κ3) is 12.2. The van der Waals surface area contributed by atoms with Crippen LogP contribution in [0.4, 0.5) is 0 Å². The molecule has 2 N–H and O–H groups in total. The van der Waals surface area contributed by atoms with Crippen LogP contribution in [-0.4, -0.2) is 95.1 Å². The van der Waals surface area contributed by atoms with Crippen LogP contribution in [0, 0.1) is 11.3 Å². The molecule has 1 fully saturated rings. The summed E-state index contributed by atoms with van der Waals surface area (Å²) in [4.78, 5) is 33.2.